The summed E-state index contributed by atoms with van der Waals surface area (Å²) in [4.78, 5) is 14.5. The number of amides is 1. The van der Waals surface area contributed by atoms with Crippen LogP contribution in [0.15, 0.2) is 18.2 Å². The van der Waals surface area contributed by atoms with E-state index in [-0.39, 0.29) is 12.7 Å². The predicted molar refractivity (Wildman–Crippen MR) is 68.3 cm³/mol. The van der Waals surface area contributed by atoms with Crippen LogP contribution in [0.2, 0.25) is 0 Å². The molecular weight excluding hydrogens is 250 g/mol. The second kappa shape index (κ2) is 3.82. The number of rotatable bonds is 1. The highest BCUT2D eigenvalue weighted by atomic mass is 32.2. The number of hydrogen-bond acceptors (Lipinski definition) is 4. The van der Waals surface area contributed by atoms with Crippen molar-refractivity contribution in [1.82, 2.24) is 4.90 Å². The molecule has 1 aromatic carbocycles. The molecule has 0 radical (unpaired) electrons. The molecule has 1 aromatic rings. The summed E-state index contributed by atoms with van der Waals surface area (Å²) in [6.07, 6.45) is 1.15. The van der Waals surface area contributed by atoms with Gasteiger partial charge in [0.25, 0.3) is 5.91 Å². The van der Waals surface area contributed by atoms with Gasteiger partial charge in [-0.3, -0.25) is 4.79 Å². The van der Waals surface area contributed by atoms with E-state index in [1.54, 1.807) is 6.07 Å². The summed E-state index contributed by atoms with van der Waals surface area (Å²) in [5.41, 5.74) is 0.705. The SMILES string of the molecule is O=C(c1ccc2c(c1)OCO2)N1CC2CC1CS2. The van der Waals surface area contributed by atoms with Gasteiger partial charge >= 0.3 is 0 Å². The van der Waals surface area contributed by atoms with Crippen molar-refractivity contribution in [3.8, 4) is 11.5 Å². The van der Waals surface area contributed by atoms with E-state index < -0.39 is 0 Å². The predicted octanol–water partition coefficient (Wildman–Crippen LogP) is 1.75. The molecule has 2 unspecified atom stereocenters. The van der Waals surface area contributed by atoms with Crippen molar-refractivity contribution < 1.29 is 14.3 Å². The van der Waals surface area contributed by atoms with E-state index >= 15 is 0 Å². The molecule has 3 aliphatic rings. The summed E-state index contributed by atoms with van der Waals surface area (Å²) in [5, 5.41) is 0.646. The van der Waals surface area contributed by atoms with Gasteiger partial charge in [0, 0.05) is 29.2 Å². The molecule has 4 nitrogen and oxygen atoms in total. The molecule has 3 heterocycles. The highest BCUT2D eigenvalue weighted by Gasteiger charge is 2.41. The zero-order valence-electron chi connectivity index (χ0n) is 9.80. The number of nitrogens with zero attached hydrogens (tertiary/aromatic N) is 1. The number of carbonyl (C=O) groups is 1. The van der Waals surface area contributed by atoms with Gasteiger partial charge in [-0.1, -0.05) is 0 Å². The van der Waals surface area contributed by atoms with Crippen molar-refractivity contribution >= 4 is 17.7 Å². The Bertz CT molecular complexity index is 519. The summed E-state index contributed by atoms with van der Waals surface area (Å²) in [6.45, 7) is 1.14. The summed E-state index contributed by atoms with van der Waals surface area (Å²) in [5.74, 6) is 2.62. The van der Waals surface area contributed by atoms with Gasteiger partial charge in [0.15, 0.2) is 11.5 Å². The molecule has 2 atom stereocenters. The minimum absolute atomic E-state index is 0.126. The number of ether oxygens (including phenoxy) is 2. The molecule has 3 aliphatic heterocycles. The molecule has 0 aromatic heterocycles. The third-order valence-electron chi connectivity index (χ3n) is 3.78. The molecule has 5 heteroatoms. The number of carbonyl (C=O) groups excluding carboxylic acids is 1. The van der Waals surface area contributed by atoms with Crippen LogP contribution in [0.3, 0.4) is 0 Å². The number of benzene rings is 1. The first-order chi connectivity index (χ1) is 8.81. The zero-order valence-corrected chi connectivity index (χ0v) is 10.6. The van der Waals surface area contributed by atoms with Crippen LogP contribution in [-0.2, 0) is 0 Å². The maximum Gasteiger partial charge on any atom is 0.254 e. The summed E-state index contributed by atoms with van der Waals surface area (Å²) < 4.78 is 10.6. The largest absolute Gasteiger partial charge is 0.454 e. The van der Waals surface area contributed by atoms with Gasteiger partial charge in [0.1, 0.15) is 0 Å². The molecule has 2 fully saturated rings. The van der Waals surface area contributed by atoms with Crippen molar-refractivity contribution in [3.63, 3.8) is 0 Å². The van der Waals surface area contributed by atoms with Gasteiger partial charge in [-0.25, -0.2) is 0 Å². The third-order valence-corrected chi connectivity index (χ3v) is 5.17. The lowest BCUT2D eigenvalue weighted by atomic mass is 10.1. The number of thioether (sulfide) groups is 1. The average molecular weight is 263 g/mol. The minimum Gasteiger partial charge on any atom is -0.454 e. The third kappa shape index (κ3) is 1.50. The van der Waals surface area contributed by atoms with Gasteiger partial charge in [-0.2, -0.15) is 11.8 Å². The van der Waals surface area contributed by atoms with E-state index in [4.69, 9.17) is 9.47 Å². The van der Waals surface area contributed by atoms with Crippen molar-refractivity contribution in [2.75, 3.05) is 19.1 Å². The van der Waals surface area contributed by atoms with Crippen LogP contribution in [0, 0.1) is 0 Å². The molecule has 0 aliphatic carbocycles. The lowest BCUT2D eigenvalue weighted by Crippen LogP contribution is -2.39. The molecule has 1 amide bonds. The van der Waals surface area contributed by atoms with Gasteiger partial charge in [0.05, 0.1) is 0 Å². The fourth-order valence-corrected chi connectivity index (χ4v) is 4.28. The second-order valence-corrected chi connectivity index (χ2v) is 6.20. The fraction of sp³-hybridized carbons (Fsp3) is 0.462. The van der Waals surface area contributed by atoms with Crippen LogP contribution >= 0.6 is 11.8 Å². The van der Waals surface area contributed by atoms with Gasteiger partial charge in [0.2, 0.25) is 6.79 Å². The quantitative estimate of drug-likeness (QED) is 0.773. The monoisotopic (exact) mass is 263 g/mol. The molecule has 0 N–H and O–H groups in total. The Morgan fingerprint density at radius 1 is 1.33 bits per heavy atom. The van der Waals surface area contributed by atoms with Crippen LogP contribution in [0.1, 0.15) is 16.8 Å². The highest BCUT2D eigenvalue weighted by molar-refractivity contribution is 8.00. The summed E-state index contributed by atoms with van der Waals surface area (Å²) >= 11 is 1.99. The Kier molecular flexibility index (Phi) is 2.24. The Morgan fingerprint density at radius 3 is 3.00 bits per heavy atom. The Morgan fingerprint density at radius 2 is 2.22 bits per heavy atom. The molecule has 0 saturated carbocycles. The molecule has 94 valence electrons. The number of fused-ring (bicyclic) bond motifs is 3. The van der Waals surface area contributed by atoms with Crippen LogP contribution < -0.4 is 9.47 Å². The van der Waals surface area contributed by atoms with E-state index in [1.165, 1.54) is 0 Å². The Hall–Kier alpha value is -1.36. The standard InChI is InChI=1S/C13H13NO3S/c15-13(14-5-10-4-9(14)6-18-10)8-1-2-11-12(3-8)17-7-16-11/h1-3,9-10H,4-7H2. The van der Waals surface area contributed by atoms with Crippen molar-refractivity contribution in [2.24, 2.45) is 0 Å². The van der Waals surface area contributed by atoms with E-state index in [9.17, 15) is 4.79 Å². The van der Waals surface area contributed by atoms with Gasteiger partial charge < -0.3 is 14.4 Å². The van der Waals surface area contributed by atoms with E-state index in [0.717, 1.165) is 24.5 Å². The second-order valence-electron chi connectivity index (χ2n) is 4.87. The molecular formula is C13H13NO3S. The Labute approximate surface area is 109 Å². The first kappa shape index (κ1) is 10.6. The van der Waals surface area contributed by atoms with Crippen LogP contribution in [0.4, 0.5) is 0 Å². The smallest absolute Gasteiger partial charge is 0.254 e. The molecule has 2 bridgehead atoms. The summed E-state index contributed by atoms with van der Waals surface area (Å²) in [7, 11) is 0. The number of hydrogen-bond donors (Lipinski definition) is 0. The first-order valence-corrected chi connectivity index (χ1v) is 7.18. The van der Waals surface area contributed by atoms with Gasteiger partial charge in [-0.15, -0.1) is 0 Å². The topological polar surface area (TPSA) is 38.8 Å². The maximum absolute atomic E-state index is 12.5. The van der Waals surface area contributed by atoms with E-state index in [1.807, 2.05) is 28.8 Å². The average Bonchev–Trinajstić information content (AvgIpc) is 3.12. The normalized spacial score (nSPS) is 27.9. The number of likely N-dealkylation sites (tertiary alicyclic amines) is 1. The molecule has 4 rings (SSSR count). The Balaban J connectivity index is 1.61. The zero-order chi connectivity index (χ0) is 12.1. The van der Waals surface area contributed by atoms with Crippen LogP contribution in [0.5, 0.6) is 11.5 Å². The molecule has 2 saturated heterocycles. The first-order valence-electron chi connectivity index (χ1n) is 6.13. The van der Waals surface area contributed by atoms with Crippen LogP contribution in [-0.4, -0.2) is 41.2 Å². The van der Waals surface area contributed by atoms with Gasteiger partial charge in [-0.05, 0) is 24.6 Å². The molecule has 18 heavy (non-hydrogen) atoms. The van der Waals surface area contributed by atoms with Crippen molar-refractivity contribution in [2.45, 2.75) is 17.7 Å². The minimum atomic E-state index is 0.126. The van der Waals surface area contributed by atoms with E-state index in [0.29, 0.717) is 22.6 Å². The fourth-order valence-electron chi connectivity index (χ4n) is 2.84. The summed E-state index contributed by atoms with van der Waals surface area (Å²) in [6, 6.07) is 5.87. The van der Waals surface area contributed by atoms with Crippen molar-refractivity contribution in [3.05, 3.63) is 23.8 Å². The van der Waals surface area contributed by atoms with Crippen LogP contribution in [0.25, 0.3) is 0 Å². The highest BCUT2D eigenvalue weighted by Crippen LogP contribution is 2.39. The maximum atomic E-state index is 12.5. The lowest BCUT2D eigenvalue weighted by Gasteiger charge is -2.26. The van der Waals surface area contributed by atoms with E-state index in [2.05, 4.69) is 0 Å². The lowest BCUT2D eigenvalue weighted by molar-refractivity contribution is 0.0747. The molecule has 0 spiro atoms. The van der Waals surface area contributed by atoms with Crippen molar-refractivity contribution in [1.29, 1.82) is 0 Å².